The van der Waals surface area contributed by atoms with Crippen LogP contribution in [-0.4, -0.2) is 17.0 Å². The van der Waals surface area contributed by atoms with E-state index in [0.29, 0.717) is 5.76 Å². The van der Waals surface area contributed by atoms with Crippen LogP contribution in [0.1, 0.15) is 90.9 Å². The molecule has 22 heavy (non-hydrogen) atoms. The summed E-state index contributed by atoms with van der Waals surface area (Å²) in [4.78, 5) is 22.1. The van der Waals surface area contributed by atoms with Crippen LogP contribution in [0.15, 0.2) is 11.8 Å². The maximum Gasteiger partial charge on any atom is 0.311 e. The largest absolute Gasteiger partial charge is 0.481 e. The molecule has 0 aliphatic carbocycles. The van der Waals surface area contributed by atoms with Gasteiger partial charge in [0.25, 0.3) is 0 Å². The molecule has 0 radical (unpaired) electrons. The van der Waals surface area contributed by atoms with E-state index in [2.05, 4.69) is 13.8 Å². The number of unbranched alkanes of at least 4 members (excludes halogenated alkanes) is 7. The van der Waals surface area contributed by atoms with Crippen molar-refractivity contribution in [3.8, 4) is 0 Å². The highest BCUT2D eigenvalue weighted by Crippen LogP contribution is 2.14. The minimum Gasteiger partial charge on any atom is -0.481 e. The molecule has 0 aromatic carbocycles. The highest BCUT2D eigenvalue weighted by molar-refractivity contribution is 5.77. The van der Waals surface area contributed by atoms with Gasteiger partial charge in [0.2, 0.25) is 0 Å². The summed E-state index contributed by atoms with van der Waals surface area (Å²) >= 11 is 0. The molecule has 0 aromatic rings. The quantitative estimate of drug-likeness (QED) is 0.271. The molecule has 1 N–H and O–H groups in total. The van der Waals surface area contributed by atoms with Gasteiger partial charge in [0.05, 0.1) is 12.8 Å². The number of esters is 1. The number of carbonyl (C=O) groups excluding carboxylic acids is 1. The molecule has 0 heterocycles. The molecule has 0 rings (SSSR count). The summed E-state index contributed by atoms with van der Waals surface area (Å²) in [6.07, 6.45) is 12.9. The summed E-state index contributed by atoms with van der Waals surface area (Å²) in [6.45, 7) is 4.30. The molecule has 0 aliphatic heterocycles. The van der Waals surface area contributed by atoms with Crippen molar-refractivity contribution in [1.29, 1.82) is 0 Å². The average Bonchev–Trinajstić information content (AvgIpc) is 2.49. The number of ether oxygens (including phenoxy) is 1. The smallest absolute Gasteiger partial charge is 0.311 e. The summed E-state index contributed by atoms with van der Waals surface area (Å²) in [5, 5.41) is 8.58. The minimum absolute atomic E-state index is 0.0597. The minimum atomic E-state index is -0.969. The van der Waals surface area contributed by atoms with Crippen LogP contribution in [0.4, 0.5) is 0 Å². The van der Waals surface area contributed by atoms with Crippen molar-refractivity contribution in [2.24, 2.45) is 0 Å². The summed E-state index contributed by atoms with van der Waals surface area (Å²) in [5.41, 5.74) is 0. The molecule has 0 fully saturated rings. The molecule has 0 unspecified atom stereocenters. The predicted molar refractivity (Wildman–Crippen MR) is 88.6 cm³/mol. The third-order valence-electron chi connectivity index (χ3n) is 3.49. The zero-order valence-corrected chi connectivity index (χ0v) is 14.2. The van der Waals surface area contributed by atoms with Crippen molar-refractivity contribution in [3.05, 3.63) is 11.8 Å². The lowest BCUT2D eigenvalue weighted by Gasteiger charge is -2.08. The molecular formula is C18H32O4. The van der Waals surface area contributed by atoms with E-state index in [-0.39, 0.29) is 12.8 Å². The molecule has 0 aromatic heterocycles. The number of carboxylic acids is 1. The maximum atomic E-state index is 11.6. The van der Waals surface area contributed by atoms with Crippen LogP contribution in [-0.2, 0) is 14.3 Å². The van der Waals surface area contributed by atoms with Gasteiger partial charge in [-0.05, 0) is 25.3 Å². The van der Waals surface area contributed by atoms with E-state index in [0.717, 1.165) is 32.1 Å². The van der Waals surface area contributed by atoms with E-state index < -0.39 is 11.9 Å². The molecule has 0 saturated heterocycles. The number of carbonyl (C=O) groups is 2. The van der Waals surface area contributed by atoms with Gasteiger partial charge in [-0.3, -0.25) is 9.59 Å². The molecule has 0 aliphatic rings. The second-order valence-electron chi connectivity index (χ2n) is 5.70. The van der Waals surface area contributed by atoms with Crippen molar-refractivity contribution < 1.29 is 19.4 Å². The van der Waals surface area contributed by atoms with Gasteiger partial charge in [-0.1, -0.05) is 52.4 Å². The van der Waals surface area contributed by atoms with Gasteiger partial charge in [-0.25, -0.2) is 0 Å². The number of rotatable bonds is 14. The van der Waals surface area contributed by atoms with Crippen molar-refractivity contribution in [2.45, 2.75) is 90.9 Å². The zero-order valence-electron chi connectivity index (χ0n) is 14.2. The Balaban J connectivity index is 4.05. The second-order valence-corrected chi connectivity index (χ2v) is 5.70. The standard InChI is InChI=1S/C18H32O4/c1-3-5-7-8-9-10-11-13-16(12-6-4-2)22-18(21)15-14-17(19)20/h13H,3-12,14-15H2,1-2H3,(H,19,20). The SMILES string of the molecule is CCCCCCCCC=C(CCCC)OC(=O)CCC(=O)O. The Bertz CT molecular complexity index is 334. The fourth-order valence-electron chi connectivity index (χ4n) is 2.14. The second kappa shape index (κ2) is 14.6. The molecule has 0 amide bonds. The van der Waals surface area contributed by atoms with E-state index >= 15 is 0 Å². The predicted octanol–water partition coefficient (Wildman–Crippen LogP) is 5.22. The van der Waals surface area contributed by atoms with Crippen LogP contribution in [0, 0.1) is 0 Å². The first-order chi connectivity index (χ1) is 10.6. The highest BCUT2D eigenvalue weighted by Gasteiger charge is 2.09. The number of hydrogen-bond donors (Lipinski definition) is 1. The third-order valence-corrected chi connectivity index (χ3v) is 3.49. The molecule has 0 atom stereocenters. The number of allylic oxidation sites excluding steroid dienone is 2. The molecular weight excluding hydrogens is 280 g/mol. The summed E-state index contributed by atoms with van der Waals surface area (Å²) in [6, 6.07) is 0. The van der Waals surface area contributed by atoms with E-state index in [9.17, 15) is 9.59 Å². The molecule has 128 valence electrons. The van der Waals surface area contributed by atoms with Crippen LogP contribution in [0.25, 0.3) is 0 Å². The van der Waals surface area contributed by atoms with E-state index in [1.54, 1.807) is 0 Å². The number of aliphatic carboxylic acids is 1. The van der Waals surface area contributed by atoms with Gasteiger partial charge >= 0.3 is 11.9 Å². The van der Waals surface area contributed by atoms with Gasteiger partial charge in [-0.15, -0.1) is 0 Å². The molecule has 0 bridgehead atoms. The Hall–Kier alpha value is -1.32. The van der Waals surface area contributed by atoms with E-state index in [4.69, 9.17) is 9.84 Å². The van der Waals surface area contributed by atoms with E-state index in [1.165, 1.54) is 32.1 Å². The Labute approximate surface area is 134 Å². The Morgan fingerprint density at radius 1 is 0.864 bits per heavy atom. The monoisotopic (exact) mass is 312 g/mol. The van der Waals surface area contributed by atoms with Crippen molar-refractivity contribution in [1.82, 2.24) is 0 Å². The molecule has 4 nitrogen and oxygen atoms in total. The zero-order chi connectivity index (χ0) is 16.6. The molecule has 0 saturated carbocycles. The van der Waals surface area contributed by atoms with E-state index in [1.807, 2.05) is 6.08 Å². The van der Waals surface area contributed by atoms with Crippen molar-refractivity contribution >= 4 is 11.9 Å². The Morgan fingerprint density at radius 2 is 1.50 bits per heavy atom. The third kappa shape index (κ3) is 13.7. The fraction of sp³-hybridized carbons (Fsp3) is 0.778. The first-order valence-corrected chi connectivity index (χ1v) is 8.71. The van der Waals surface area contributed by atoms with Gasteiger partial charge in [0.15, 0.2) is 0 Å². The van der Waals surface area contributed by atoms with Gasteiger partial charge in [0, 0.05) is 6.42 Å². The topological polar surface area (TPSA) is 63.6 Å². The Kier molecular flexibility index (Phi) is 13.7. The van der Waals surface area contributed by atoms with Crippen LogP contribution in [0.5, 0.6) is 0 Å². The average molecular weight is 312 g/mol. The van der Waals surface area contributed by atoms with Crippen LogP contribution in [0.2, 0.25) is 0 Å². The number of carboxylic acid groups (broad SMARTS) is 1. The lowest BCUT2D eigenvalue weighted by molar-refractivity contribution is -0.145. The first kappa shape index (κ1) is 20.7. The van der Waals surface area contributed by atoms with Crippen LogP contribution in [0.3, 0.4) is 0 Å². The number of hydrogen-bond acceptors (Lipinski definition) is 3. The maximum absolute atomic E-state index is 11.6. The Morgan fingerprint density at radius 3 is 2.14 bits per heavy atom. The normalized spacial score (nSPS) is 11.5. The summed E-state index contributed by atoms with van der Waals surface area (Å²) < 4.78 is 5.31. The van der Waals surface area contributed by atoms with Gasteiger partial charge in [0.1, 0.15) is 5.76 Å². The molecule has 4 heteroatoms. The van der Waals surface area contributed by atoms with Crippen molar-refractivity contribution in [2.75, 3.05) is 0 Å². The summed E-state index contributed by atoms with van der Waals surface area (Å²) in [5.74, 6) is -0.693. The summed E-state index contributed by atoms with van der Waals surface area (Å²) in [7, 11) is 0. The van der Waals surface area contributed by atoms with Crippen molar-refractivity contribution in [3.63, 3.8) is 0 Å². The van der Waals surface area contributed by atoms with Gasteiger partial charge < -0.3 is 9.84 Å². The highest BCUT2D eigenvalue weighted by atomic mass is 16.5. The van der Waals surface area contributed by atoms with Crippen LogP contribution < -0.4 is 0 Å². The lowest BCUT2D eigenvalue weighted by atomic mass is 10.1. The van der Waals surface area contributed by atoms with Crippen LogP contribution >= 0.6 is 0 Å². The lowest BCUT2D eigenvalue weighted by Crippen LogP contribution is -2.07. The molecule has 0 spiro atoms. The van der Waals surface area contributed by atoms with Gasteiger partial charge in [-0.2, -0.15) is 0 Å². The first-order valence-electron chi connectivity index (χ1n) is 8.71. The fourth-order valence-corrected chi connectivity index (χ4v) is 2.14.